The van der Waals surface area contributed by atoms with Gasteiger partial charge in [0.25, 0.3) is 5.91 Å². The highest BCUT2D eigenvalue weighted by atomic mass is 19.1. The Bertz CT molecular complexity index is 1120. The minimum Gasteiger partial charge on any atom is -0.481 e. The summed E-state index contributed by atoms with van der Waals surface area (Å²) in [5, 5.41) is 4.73. The summed E-state index contributed by atoms with van der Waals surface area (Å²) < 4.78 is 18.9. The van der Waals surface area contributed by atoms with E-state index in [1.807, 2.05) is 42.2 Å². The van der Waals surface area contributed by atoms with E-state index in [-0.39, 0.29) is 36.1 Å². The van der Waals surface area contributed by atoms with Crippen molar-refractivity contribution in [3.63, 3.8) is 0 Å². The number of hydrogen-bond acceptors (Lipinski definition) is 5. The second kappa shape index (κ2) is 9.44. The van der Waals surface area contributed by atoms with E-state index in [4.69, 9.17) is 4.74 Å². The smallest absolute Gasteiger partial charge is 0.260 e. The summed E-state index contributed by atoms with van der Waals surface area (Å²) >= 11 is 0. The topological polar surface area (TPSA) is 62.2 Å². The zero-order valence-corrected chi connectivity index (χ0v) is 18.2. The number of ether oxygens (including phenoxy) is 1. The molecule has 3 aromatic carbocycles. The van der Waals surface area contributed by atoms with Crippen LogP contribution in [0.2, 0.25) is 0 Å². The van der Waals surface area contributed by atoms with E-state index in [9.17, 15) is 14.1 Å². The molecule has 0 aromatic heterocycles. The predicted molar refractivity (Wildman–Crippen MR) is 122 cm³/mol. The number of halogens is 1. The third kappa shape index (κ3) is 4.62. The van der Waals surface area contributed by atoms with E-state index >= 15 is 0 Å². The first kappa shape index (κ1) is 21.9. The number of hydrogen-bond donors (Lipinski definition) is 0. The van der Waals surface area contributed by atoms with Gasteiger partial charge in [0.05, 0.1) is 0 Å². The van der Waals surface area contributed by atoms with Crippen LogP contribution in [0, 0.1) is 10.7 Å². The number of benzene rings is 3. The van der Waals surface area contributed by atoms with Crippen LogP contribution in [0.1, 0.15) is 19.4 Å². The van der Waals surface area contributed by atoms with Gasteiger partial charge in [0.2, 0.25) is 0 Å². The molecule has 0 spiro atoms. The lowest BCUT2D eigenvalue weighted by molar-refractivity contribution is -0.139. The van der Waals surface area contributed by atoms with Crippen LogP contribution in [0.25, 0.3) is 10.8 Å². The Kier molecular flexibility index (Phi) is 6.46. The Morgan fingerprint density at radius 2 is 1.78 bits per heavy atom. The van der Waals surface area contributed by atoms with E-state index in [0.29, 0.717) is 30.8 Å². The number of piperazine rings is 1. The predicted octanol–water partition coefficient (Wildman–Crippen LogP) is 4.88. The van der Waals surface area contributed by atoms with Crippen LogP contribution in [0.5, 0.6) is 5.75 Å². The third-order valence-corrected chi connectivity index (χ3v) is 6.04. The Morgan fingerprint density at radius 3 is 2.53 bits per heavy atom. The maximum Gasteiger partial charge on any atom is 0.260 e. The van der Waals surface area contributed by atoms with Gasteiger partial charge in [-0.3, -0.25) is 9.69 Å². The van der Waals surface area contributed by atoms with Gasteiger partial charge in [-0.1, -0.05) is 42.5 Å². The minimum atomic E-state index is -0.245. The fourth-order valence-electron chi connectivity index (χ4n) is 4.26. The van der Waals surface area contributed by atoms with Crippen LogP contribution in [0.15, 0.2) is 65.8 Å². The lowest BCUT2D eigenvalue weighted by Crippen LogP contribution is -2.58. The first-order valence-corrected chi connectivity index (χ1v) is 10.7. The maximum atomic E-state index is 13.2. The first-order valence-electron chi connectivity index (χ1n) is 10.7. The molecule has 1 aliphatic rings. The number of nitrogens with zero attached hydrogens (tertiary/aromatic N) is 3. The van der Waals surface area contributed by atoms with E-state index in [1.165, 1.54) is 12.1 Å². The summed E-state index contributed by atoms with van der Waals surface area (Å²) in [5.74, 6) is -0.0663. The normalized spacial score (nSPS) is 19.2. The van der Waals surface area contributed by atoms with Crippen molar-refractivity contribution in [2.24, 2.45) is 5.18 Å². The van der Waals surface area contributed by atoms with Crippen molar-refractivity contribution in [2.75, 3.05) is 19.7 Å². The van der Waals surface area contributed by atoms with Crippen LogP contribution in [0.3, 0.4) is 0 Å². The van der Waals surface area contributed by atoms with Crippen molar-refractivity contribution in [1.82, 2.24) is 9.80 Å². The fourth-order valence-corrected chi connectivity index (χ4v) is 4.26. The number of fused-ring (bicyclic) bond motifs is 1. The number of nitroso groups, excluding NO2 is 1. The number of rotatable bonds is 6. The van der Waals surface area contributed by atoms with Gasteiger partial charge in [-0.25, -0.2) is 4.39 Å². The van der Waals surface area contributed by atoms with E-state index in [0.717, 1.165) is 10.9 Å². The molecule has 0 bridgehead atoms. The second-order valence-electron chi connectivity index (χ2n) is 8.31. The highest BCUT2D eigenvalue weighted by Crippen LogP contribution is 2.35. The van der Waals surface area contributed by atoms with Gasteiger partial charge in [-0.2, -0.15) is 0 Å². The molecule has 1 saturated heterocycles. The lowest BCUT2D eigenvalue weighted by atomic mass is 10.1. The van der Waals surface area contributed by atoms with Crippen LogP contribution < -0.4 is 4.74 Å². The average molecular weight is 435 g/mol. The van der Waals surface area contributed by atoms with Gasteiger partial charge in [-0.15, -0.1) is 4.91 Å². The standard InChI is InChI=1S/C25H26FN3O3/c1-17-14-29(18(2)13-28(17)15-19-7-10-21(26)11-8-19)24(30)16-32-23-12-9-20-5-3-4-6-22(20)25(23)27-31/h3-12,17-18H,13-16H2,1-2H3/t17-,18+/m0/s1. The Balaban J connectivity index is 1.39. The molecule has 0 N–H and O–H groups in total. The molecular weight excluding hydrogens is 409 g/mol. The molecule has 0 radical (unpaired) electrons. The SMILES string of the molecule is C[C@@H]1CN(Cc2ccc(F)cc2)[C@@H](C)CN1C(=O)COc1ccc2ccccc2c1N=O. The lowest BCUT2D eigenvalue weighted by Gasteiger charge is -2.44. The Morgan fingerprint density at radius 1 is 1.03 bits per heavy atom. The molecule has 0 saturated carbocycles. The fraction of sp³-hybridized carbons (Fsp3) is 0.320. The molecule has 1 aliphatic heterocycles. The zero-order chi connectivity index (χ0) is 22.7. The molecule has 6 nitrogen and oxygen atoms in total. The third-order valence-electron chi connectivity index (χ3n) is 6.04. The molecular formula is C25H26FN3O3. The highest BCUT2D eigenvalue weighted by Gasteiger charge is 2.32. The molecule has 32 heavy (non-hydrogen) atoms. The molecule has 4 rings (SSSR count). The van der Waals surface area contributed by atoms with Gasteiger partial charge in [0.15, 0.2) is 12.3 Å². The summed E-state index contributed by atoms with van der Waals surface area (Å²) in [5.41, 5.74) is 1.25. The average Bonchev–Trinajstić information content (AvgIpc) is 2.80. The zero-order valence-electron chi connectivity index (χ0n) is 18.2. The Labute approximate surface area is 186 Å². The second-order valence-corrected chi connectivity index (χ2v) is 8.31. The monoisotopic (exact) mass is 435 g/mol. The molecule has 0 aliphatic carbocycles. The van der Waals surface area contributed by atoms with Gasteiger partial charge < -0.3 is 9.64 Å². The maximum absolute atomic E-state index is 13.2. The summed E-state index contributed by atoms with van der Waals surface area (Å²) in [6.07, 6.45) is 0. The number of amides is 1. The van der Waals surface area contributed by atoms with Crippen LogP contribution in [0.4, 0.5) is 10.1 Å². The Hall–Kier alpha value is -3.32. The first-order chi connectivity index (χ1) is 15.5. The molecule has 1 heterocycles. The summed E-state index contributed by atoms with van der Waals surface area (Å²) in [4.78, 5) is 28.5. The molecule has 166 valence electrons. The summed E-state index contributed by atoms with van der Waals surface area (Å²) in [7, 11) is 0. The van der Waals surface area contributed by atoms with E-state index < -0.39 is 0 Å². The number of carbonyl (C=O) groups excluding carboxylic acids is 1. The van der Waals surface area contributed by atoms with Crippen molar-refractivity contribution >= 4 is 22.4 Å². The molecule has 0 unspecified atom stereocenters. The highest BCUT2D eigenvalue weighted by molar-refractivity contribution is 5.95. The molecule has 1 fully saturated rings. The van der Waals surface area contributed by atoms with Gasteiger partial charge in [0, 0.05) is 37.1 Å². The van der Waals surface area contributed by atoms with E-state index in [1.54, 1.807) is 18.2 Å². The van der Waals surface area contributed by atoms with Crippen molar-refractivity contribution in [1.29, 1.82) is 0 Å². The molecule has 2 atom stereocenters. The van der Waals surface area contributed by atoms with Crippen molar-refractivity contribution in [2.45, 2.75) is 32.5 Å². The quantitative estimate of drug-likeness (QED) is 0.518. The summed E-state index contributed by atoms with van der Waals surface area (Å²) in [6.45, 7) is 5.91. The minimum absolute atomic E-state index is 0.00279. The van der Waals surface area contributed by atoms with Crippen LogP contribution >= 0.6 is 0 Å². The van der Waals surface area contributed by atoms with E-state index in [2.05, 4.69) is 17.0 Å². The van der Waals surface area contributed by atoms with Crippen molar-refractivity contribution in [3.8, 4) is 5.75 Å². The molecule has 3 aromatic rings. The molecule has 7 heteroatoms. The largest absolute Gasteiger partial charge is 0.481 e. The van der Waals surface area contributed by atoms with Crippen molar-refractivity contribution in [3.05, 3.63) is 77.0 Å². The van der Waals surface area contributed by atoms with Gasteiger partial charge >= 0.3 is 0 Å². The van der Waals surface area contributed by atoms with Crippen molar-refractivity contribution < 1.29 is 13.9 Å². The van der Waals surface area contributed by atoms with Gasteiger partial charge in [-0.05, 0) is 48.2 Å². The number of carbonyl (C=O) groups is 1. The molecule has 1 amide bonds. The van der Waals surface area contributed by atoms with Crippen LogP contribution in [-0.4, -0.2) is 47.5 Å². The summed E-state index contributed by atoms with van der Waals surface area (Å²) in [6, 6.07) is 17.6. The van der Waals surface area contributed by atoms with Crippen LogP contribution in [-0.2, 0) is 11.3 Å². The van der Waals surface area contributed by atoms with Gasteiger partial charge in [0.1, 0.15) is 11.6 Å².